The van der Waals surface area contributed by atoms with E-state index in [4.69, 9.17) is 9.47 Å². The highest BCUT2D eigenvalue weighted by molar-refractivity contribution is 5.94. The number of fused-ring (bicyclic) bond motifs is 1. The molecule has 0 radical (unpaired) electrons. The van der Waals surface area contributed by atoms with Gasteiger partial charge in [0.15, 0.2) is 17.6 Å². The number of carbonyl (C=O) groups excluding carboxylic acids is 1. The van der Waals surface area contributed by atoms with Crippen molar-refractivity contribution in [2.75, 3.05) is 20.2 Å². The summed E-state index contributed by atoms with van der Waals surface area (Å²) in [6.07, 6.45) is -0.350. The maximum atomic E-state index is 13.2. The van der Waals surface area contributed by atoms with Crippen molar-refractivity contribution in [2.45, 2.75) is 6.10 Å². The summed E-state index contributed by atoms with van der Waals surface area (Å²) in [4.78, 5) is 13.6. The Morgan fingerprint density at radius 2 is 1.83 bits per heavy atom. The Balaban J connectivity index is 1.67. The largest absolute Gasteiger partial charge is 0.486 e. The summed E-state index contributed by atoms with van der Waals surface area (Å²) in [6, 6.07) is 10.0. The van der Waals surface area contributed by atoms with Crippen LogP contribution in [-0.2, 0) is 0 Å². The Kier molecular flexibility index (Phi) is 4.14. The second-order valence-corrected chi connectivity index (χ2v) is 5.34. The van der Waals surface area contributed by atoms with Crippen molar-refractivity contribution in [3.8, 4) is 11.5 Å². The van der Waals surface area contributed by atoms with Crippen LogP contribution in [0.4, 0.5) is 8.78 Å². The Bertz CT molecular complexity index is 715. The van der Waals surface area contributed by atoms with E-state index in [2.05, 4.69) is 0 Å². The van der Waals surface area contributed by atoms with Gasteiger partial charge in [-0.1, -0.05) is 12.1 Å². The van der Waals surface area contributed by atoms with Crippen LogP contribution < -0.4 is 9.47 Å². The third-order valence-electron chi connectivity index (χ3n) is 3.50. The van der Waals surface area contributed by atoms with Crippen LogP contribution >= 0.6 is 0 Å². The van der Waals surface area contributed by atoms with Gasteiger partial charge in [-0.15, -0.1) is 0 Å². The molecule has 2 aromatic carbocycles. The van der Waals surface area contributed by atoms with E-state index in [0.29, 0.717) is 18.1 Å². The minimum atomic E-state index is -0.784. The van der Waals surface area contributed by atoms with E-state index in [-0.39, 0.29) is 18.2 Å². The Labute approximate surface area is 132 Å². The first-order valence-electron chi connectivity index (χ1n) is 7.13. The minimum Gasteiger partial charge on any atom is -0.486 e. The number of rotatable bonds is 3. The van der Waals surface area contributed by atoms with Gasteiger partial charge >= 0.3 is 0 Å². The first-order chi connectivity index (χ1) is 11.0. The number of halogens is 2. The molecule has 3 rings (SSSR count). The van der Waals surface area contributed by atoms with E-state index in [1.807, 2.05) is 12.1 Å². The van der Waals surface area contributed by atoms with E-state index in [1.165, 1.54) is 4.90 Å². The molecule has 6 heteroatoms. The zero-order valence-electron chi connectivity index (χ0n) is 12.5. The van der Waals surface area contributed by atoms with Gasteiger partial charge in [-0.2, -0.15) is 0 Å². The number of hydrogen-bond donors (Lipinski definition) is 0. The van der Waals surface area contributed by atoms with E-state index in [9.17, 15) is 13.6 Å². The summed E-state index contributed by atoms with van der Waals surface area (Å²) >= 11 is 0. The topological polar surface area (TPSA) is 38.8 Å². The fourth-order valence-electron chi connectivity index (χ4n) is 2.44. The molecule has 0 aromatic heterocycles. The molecule has 23 heavy (non-hydrogen) atoms. The number of nitrogens with zero attached hydrogens (tertiary/aromatic N) is 1. The highest BCUT2D eigenvalue weighted by Gasteiger charge is 2.24. The molecule has 1 amide bonds. The second kappa shape index (κ2) is 6.24. The second-order valence-electron chi connectivity index (χ2n) is 5.34. The Morgan fingerprint density at radius 1 is 1.17 bits per heavy atom. The molecule has 0 fully saturated rings. The van der Waals surface area contributed by atoms with Crippen molar-refractivity contribution in [2.24, 2.45) is 0 Å². The molecule has 120 valence electrons. The molecule has 1 atom stereocenters. The van der Waals surface area contributed by atoms with Crippen molar-refractivity contribution in [1.82, 2.24) is 4.90 Å². The van der Waals surface area contributed by atoms with Gasteiger partial charge in [-0.05, 0) is 24.3 Å². The lowest BCUT2D eigenvalue weighted by atomic mass is 10.2. The third kappa shape index (κ3) is 3.41. The molecular weight excluding hydrogens is 304 g/mol. The zero-order valence-corrected chi connectivity index (χ0v) is 12.5. The molecule has 0 saturated carbocycles. The van der Waals surface area contributed by atoms with Crippen molar-refractivity contribution < 1.29 is 23.0 Å². The summed E-state index contributed by atoms with van der Waals surface area (Å²) in [7, 11) is 1.55. The van der Waals surface area contributed by atoms with Crippen LogP contribution in [0.3, 0.4) is 0 Å². The maximum Gasteiger partial charge on any atom is 0.253 e. The molecule has 0 N–H and O–H groups in total. The molecule has 0 aliphatic carbocycles. The highest BCUT2D eigenvalue weighted by Crippen LogP contribution is 2.31. The van der Waals surface area contributed by atoms with Crippen LogP contribution in [0.25, 0.3) is 0 Å². The molecule has 0 unspecified atom stereocenters. The fraction of sp³-hybridized carbons (Fsp3) is 0.235. The summed E-state index contributed by atoms with van der Waals surface area (Å²) in [5, 5.41) is 0. The van der Waals surface area contributed by atoms with Crippen LogP contribution in [0.2, 0.25) is 0 Å². The van der Waals surface area contributed by atoms with Crippen LogP contribution in [0, 0.1) is 11.6 Å². The molecule has 1 aliphatic rings. The molecule has 1 aliphatic heterocycles. The first-order valence-corrected chi connectivity index (χ1v) is 7.13. The number of ether oxygens (including phenoxy) is 2. The average molecular weight is 319 g/mol. The van der Waals surface area contributed by atoms with Crippen molar-refractivity contribution in [3.05, 3.63) is 59.7 Å². The van der Waals surface area contributed by atoms with Crippen LogP contribution in [0.5, 0.6) is 11.5 Å². The van der Waals surface area contributed by atoms with Gasteiger partial charge in [0.25, 0.3) is 5.91 Å². The lowest BCUT2D eigenvalue weighted by Crippen LogP contribution is -2.41. The number of amides is 1. The third-order valence-corrected chi connectivity index (χ3v) is 3.50. The van der Waals surface area contributed by atoms with Gasteiger partial charge in [0.2, 0.25) is 0 Å². The maximum absolute atomic E-state index is 13.2. The Hall–Kier alpha value is -2.63. The van der Waals surface area contributed by atoms with Crippen LogP contribution in [0.1, 0.15) is 10.4 Å². The van der Waals surface area contributed by atoms with Crippen LogP contribution in [-0.4, -0.2) is 37.1 Å². The lowest BCUT2D eigenvalue weighted by molar-refractivity contribution is 0.0520. The van der Waals surface area contributed by atoms with Crippen LogP contribution in [0.15, 0.2) is 42.5 Å². The summed E-state index contributed by atoms with van der Waals surface area (Å²) in [5.41, 5.74) is -0.0397. The minimum absolute atomic E-state index is 0.0397. The predicted molar refractivity (Wildman–Crippen MR) is 79.7 cm³/mol. The van der Waals surface area contributed by atoms with E-state index >= 15 is 0 Å². The summed E-state index contributed by atoms with van der Waals surface area (Å²) in [5.74, 6) is -0.780. The quantitative estimate of drug-likeness (QED) is 0.873. The van der Waals surface area contributed by atoms with Gasteiger partial charge in [0.1, 0.15) is 18.2 Å². The SMILES string of the molecule is CN(C[C@H]1COc2ccccc2O1)C(=O)c1cc(F)cc(F)c1. The van der Waals surface area contributed by atoms with Crippen molar-refractivity contribution in [1.29, 1.82) is 0 Å². The Morgan fingerprint density at radius 3 is 2.52 bits per heavy atom. The molecule has 2 aromatic rings. The number of likely N-dealkylation sites (N-methyl/N-ethyl adjacent to an activating group) is 1. The molecule has 0 spiro atoms. The van der Waals surface area contributed by atoms with Gasteiger partial charge in [-0.3, -0.25) is 4.79 Å². The van der Waals surface area contributed by atoms with Crippen molar-refractivity contribution in [3.63, 3.8) is 0 Å². The molecule has 0 bridgehead atoms. The summed E-state index contributed by atoms with van der Waals surface area (Å²) in [6.45, 7) is 0.539. The number of carbonyl (C=O) groups is 1. The van der Waals surface area contributed by atoms with Gasteiger partial charge in [0, 0.05) is 18.7 Å². The molecular formula is C17H15F2NO3. The summed E-state index contributed by atoms with van der Waals surface area (Å²) < 4.78 is 37.8. The fourth-order valence-corrected chi connectivity index (χ4v) is 2.44. The number of hydrogen-bond acceptors (Lipinski definition) is 3. The van der Waals surface area contributed by atoms with Crippen molar-refractivity contribution >= 4 is 5.91 Å². The van der Waals surface area contributed by atoms with E-state index < -0.39 is 17.5 Å². The highest BCUT2D eigenvalue weighted by atomic mass is 19.1. The van der Waals surface area contributed by atoms with Gasteiger partial charge < -0.3 is 14.4 Å². The average Bonchev–Trinajstić information content (AvgIpc) is 2.53. The van der Waals surface area contributed by atoms with E-state index in [1.54, 1.807) is 19.2 Å². The monoisotopic (exact) mass is 319 g/mol. The van der Waals surface area contributed by atoms with E-state index in [0.717, 1.165) is 18.2 Å². The number of para-hydroxylation sites is 2. The molecule has 1 heterocycles. The molecule has 0 saturated heterocycles. The van der Waals surface area contributed by atoms with Gasteiger partial charge in [0.05, 0.1) is 6.54 Å². The predicted octanol–water partition coefficient (Wildman–Crippen LogP) is 2.88. The lowest BCUT2D eigenvalue weighted by Gasteiger charge is -2.29. The normalized spacial score (nSPS) is 16.0. The zero-order chi connectivity index (χ0) is 16.4. The smallest absolute Gasteiger partial charge is 0.253 e. The first kappa shape index (κ1) is 15.3. The standard InChI is InChI=1S/C17H15F2NO3/c1-20(17(21)11-6-12(18)8-13(19)7-11)9-14-10-22-15-4-2-3-5-16(15)23-14/h2-8,14H,9-10H2,1H3/t14-/m0/s1. The number of benzene rings is 2. The van der Waals surface area contributed by atoms with Gasteiger partial charge in [-0.25, -0.2) is 8.78 Å². The molecule has 4 nitrogen and oxygen atoms in total.